The molecule has 818 valence electrons. The smallest absolute Gasteiger partial charge is 0.497 e. The minimum absolute atomic E-state index is 0.0153. The van der Waals surface area contributed by atoms with Crippen molar-refractivity contribution in [2.24, 2.45) is 0 Å². The van der Waals surface area contributed by atoms with Crippen LogP contribution in [0.5, 0.6) is 23.0 Å². The van der Waals surface area contributed by atoms with Gasteiger partial charge in [-0.3, -0.25) is 9.59 Å². The van der Waals surface area contributed by atoms with Gasteiger partial charge in [0.25, 0.3) is 6.48 Å². The number of esters is 2. The minimum Gasteiger partial charge on any atom is -0.497 e. The fourth-order valence-electron chi connectivity index (χ4n) is 19.1. The zero-order chi connectivity index (χ0) is 108. The number of aliphatic hydroxyl groups excluding tert-OH is 1. The highest BCUT2D eigenvalue weighted by molar-refractivity contribution is 7.51. The molecule has 4 aliphatic rings. The van der Waals surface area contributed by atoms with Crippen LogP contribution >= 0.6 is 24.4 Å². The van der Waals surface area contributed by atoms with Crippen LogP contribution in [-0.2, 0) is 112 Å². The fraction of sp³-hybridized carbons (Fsp3) is 0.655. The Labute approximate surface area is 881 Å². The lowest BCUT2D eigenvalue weighted by Gasteiger charge is -2.42. The summed E-state index contributed by atoms with van der Waals surface area (Å²) in [6, 6.07) is 53.0. The lowest BCUT2D eigenvalue weighted by Crippen LogP contribution is -2.61. The van der Waals surface area contributed by atoms with Crippen molar-refractivity contribution in [2.45, 2.75) is 339 Å². The Hall–Kier alpha value is -4.93. The van der Waals surface area contributed by atoms with Crippen LogP contribution in [0, 0.1) is 0 Å². The van der Waals surface area contributed by atoms with Crippen LogP contribution in [0.25, 0.3) is 0 Å². The topological polar surface area (TPSA) is 276 Å². The Bertz CT molecular complexity index is 4460. The summed E-state index contributed by atoms with van der Waals surface area (Å²) < 4.78 is 158. The number of rotatable bonds is 50. The summed E-state index contributed by atoms with van der Waals surface area (Å²) in [5.41, 5.74) is 5.41. The molecule has 3 saturated heterocycles. The molecule has 27 nitrogen and oxygen atoms in total. The summed E-state index contributed by atoms with van der Waals surface area (Å²) in [5.74, 6) is 2.28. The Morgan fingerprint density at radius 3 is 1.05 bits per heavy atom. The summed E-state index contributed by atoms with van der Waals surface area (Å²) in [6.07, 6.45) is 8.82. The number of hydrogen-bond donors (Lipinski definition) is 1. The minimum atomic E-state index is -3.70. The monoisotopic (exact) mass is 2170 g/mol. The molecular weight excluding hydrogens is 1990 g/mol. The van der Waals surface area contributed by atoms with E-state index in [-0.39, 0.29) is 106 Å². The van der Waals surface area contributed by atoms with Crippen molar-refractivity contribution in [3.05, 3.63) is 191 Å². The number of ether oxygens (including phenoxy) is 15. The Balaban J connectivity index is 0.000000294. The van der Waals surface area contributed by atoms with E-state index in [0.717, 1.165) is 82.1 Å². The fourth-order valence-corrected chi connectivity index (χ4v) is 36.4. The highest BCUT2D eigenvalue weighted by Gasteiger charge is 2.58. The molecule has 6 aromatic rings. The molecule has 4 fully saturated rings. The first-order valence-corrected chi connectivity index (χ1v) is 71.7. The molecule has 0 radical (unpaired) electrons. The third kappa shape index (κ3) is 38.3. The van der Waals surface area contributed by atoms with Crippen molar-refractivity contribution in [1.29, 1.82) is 1.43 Å². The molecule has 0 unspecified atom stereocenters. The molecule has 1 saturated carbocycles. The van der Waals surface area contributed by atoms with Gasteiger partial charge >= 0.3 is 21.0 Å². The largest absolute Gasteiger partial charge is 0.658 e. The molecule has 12 atom stereocenters. The average molecular weight is 2170 g/mol. The number of carbonyl (C=O) groups is 2. The van der Waals surface area contributed by atoms with E-state index in [4.69, 9.17) is 112 Å². The standard InChI is InChI=1S/C39H57O7PSi.C35H71O13PSi3.C35H49O6PSi.CH4O/c1-27(2)48(28(3)4,29(5)6)44-26-42-37-30(7)45-36(38(37)46-47(10)11)25-43-39(31-15-13-12-14-16-31,32-17-21-34(40-8)22-18-32)33-19-23-35(41-9)24-20-33;1-28-33(44-35(40-25-23-38-29(2)36)41-26-24-39-30(3)37)34(45-49(4)5)32(43-28)27-42-52(47-50(6,7)8,48-51(9,10)11)46-31-21-19-17-15-13-12-14-16-18-20-22-31;1-25-32(41-43(9,10)34(2,3)4)33(40-42(7)8)31(39-25)24-38-35(26-14-12-11-13-15-26,27-16-20-29(36-5)21-17-27)28-18-22-30(37-6)23-19-28;1-2/h12-24,27-30,36-38H,25-26H2,1-11H3;28,31-35H,12-27H2,1-11H3;11-23,25,31-33H,24H2,1-10H3;2H,1H3/t30-,36+,37-,38+;28-,32+,33-,34+;25-,31+,32-,33+;/m000./s1/i;;;2T. The number of aliphatic hydroxyl groups is 1. The summed E-state index contributed by atoms with van der Waals surface area (Å²) in [4.78, 5) is 22.6. The van der Waals surface area contributed by atoms with Gasteiger partial charge in [-0.1, -0.05) is 229 Å². The molecule has 0 aromatic heterocycles. The molecule has 10 rings (SSSR count). The van der Waals surface area contributed by atoms with E-state index in [1.807, 2.05) is 105 Å². The highest BCUT2D eigenvalue weighted by Crippen LogP contribution is 2.50. The normalized spacial score (nSPS) is 21.6. The second-order valence-electron chi connectivity index (χ2n) is 42.5. The predicted molar refractivity (Wildman–Crippen MR) is 593 cm³/mol. The molecule has 1 N–H and O–H groups in total. The first kappa shape index (κ1) is 125. The lowest BCUT2D eigenvalue weighted by molar-refractivity contribution is -0.315. The Kier molecular flexibility index (Phi) is 52.9. The van der Waals surface area contributed by atoms with E-state index in [2.05, 4.69) is 233 Å². The maximum absolute atomic E-state index is 11.3. The molecular formula is C110H181O27P3Si5. The average Bonchev–Trinajstić information content (AvgIpc) is 0.919. The SMILES string of the molecule is CC(=O)OCCOC(OCCOC(C)=O)O[C@@H]1[C@H](OP(C)C)[C@@H](CO[Si](OC2CCCCCCCCCCC2)(O[Si](C)(C)C)O[Si](C)(C)C)O[C@H]1C.COc1ccc(C(OC[C@H]2O[C@@H](C)[C@H](OCO[Si](C(C)C)(C(C)C)C(C)C)[C@@H]2OP(C)C)(c2ccccc2)c2ccc(OC)cc2)cc1.COc1ccc(C(OC[C@H]2O[C@@H](C)[C@H](O[Si](C)(C)C(C)(C)C)[C@@H]2OP(C)C)(c2ccccc2)c2ccc(OC)cc2)cc1.[3H]OC. The maximum Gasteiger partial charge on any atom is 0.658 e. The second kappa shape index (κ2) is 61.2. The van der Waals surface area contributed by atoms with Crippen molar-refractivity contribution < 1.29 is 125 Å². The highest BCUT2D eigenvalue weighted by atomic mass is 31.1. The predicted octanol–water partition coefficient (Wildman–Crippen LogP) is 24.7. The molecule has 1 aliphatic carbocycles. The first-order chi connectivity index (χ1) is 69.0. The Morgan fingerprint density at radius 1 is 0.421 bits per heavy atom. The number of benzene rings is 6. The number of hydrogen-bond acceptors (Lipinski definition) is 27. The van der Waals surface area contributed by atoms with Crippen LogP contribution < -0.4 is 18.9 Å². The molecule has 0 spiro atoms. The molecule has 6 aromatic carbocycles. The van der Waals surface area contributed by atoms with Gasteiger partial charge in [0.15, 0.2) is 25.0 Å². The van der Waals surface area contributed by atoms with Crippen LogP contribution in [0.15, 0.2) is 158 Å². The van der Waals surface area contributed by atoms with Crippen LogP contribution in [-0.4, -0.2) is 275 Å². The zero-order valence-corrected chi connectivity index (χ0v) is 101. The van der Waals surface area contributed by atoms with Gasteiger partial charge in [-0.15, -0.1) is 0 Å². The zero-order valence-electron chi connectivity index (χ0n) is 94.6. The summed E-state index contributed by atoms with van der Waals surface area (Å²) in [6.45, 7) is 59.1. The van der Waals surface area contributed by atoms with Gasteiger partial charge in [0.05, 0.1) is 85.9 Å². The van der Waals surface area contributed by atoms with E-state index in [1.165, 1.54) is 65.9 Å². The van der Waals surface area contributed by atoms with Gasteiger partial charge in [-0.05, 0) is 230 Å². The van der Waals surface area contributed by atoms with Crippen molar-refractivity contribution in [3.63, 3.8) is 0 Å². The third-order valence-electron chi connectivity index (χ3n) is 26.6. The van der Waals surface area contributed by atoms with Gasteiger partial charge in [0.2, 0.25) is 9.75 Å². The van der Waals surface area contributed by atoms with Crippen LogP contribution in [0.4, 0.5) is 0 Å². The first-order valence-electron chi connectivity index (χ1n) is 52.2. The van der Waals surface area contributed by atoms with Crippen molar-refractivity contribution >= 4 is 78.7 Å². The number of methoxy groups -OCH3 is 4. The molecule has 0 amide bonds. The van der Waals surface area contributed by atoms with E-state index >= 15 is 0 Å². The quantitative estimate of drug-likeness (QED) is 0.00927. The van der Waals surface area contributed by atoms with E-state index in [0.29, 0.717) is 23.2 Å². The summed E-state index contributed by atoms with van der Waals surface area (Å²) in [5, 5.41) is 3.57. The maximum atomic E-state index is 11.3. The van der Waals surface area contributed by atoms with Crippen LogP contribution in [0.1, 0.15) is 201 Å². The van der Waals surface area contributed by atoms with Crippen molar-refractivity contribution in [3.8, 4) is 23.0 Å². The molecule has 145 heavy (non-hydrogen) atoms. The molecule has 3 heterocycles. The molecule has 3 aliphatic heterocycles. The van der Waals surface area contributed by atoms with E-state index in [9.17, 15) is 9.59 Å². The summed E-state index contributed by atoms with van der Waals surface area (Å²) >= 11 is 0. The summed E-state index contributed by atoms with van der Waals surface area (Å²) in [7, 11) is -6.56. The van der Waals surface area contributed by atoms with Crippen molar-refractivity contribution in [1.82, 2.24) is 0 Å². The second-order valence-corrected chi connectivity index (χ2v) is 69.9. The molecule has 35 heteroatoms. The molecule has 0 bridgehead atoms. The number of carbonyl (C=O) groups excluding carboxylic acids is 2. The van der Waals surface area contributed by atoms with Gasteiger partial charge in [0.1, 0.15) is 109 Å². The van der Waals surface area contributed by atoms with E-state index < -0.39 is 121 Å². The lowest BCUT2D eigenvalue weighted by atomic mass is 9.80. The van der Waals surface area contributed by atoms with Gasteiger partial charge in [0, 0.05) is 45.4 Å². The third-order valence-corrected chi connectivity index (χ3v) is 47.2. The van der Waals surface area contributed by atoms with Gasteiger partial charge in [-0.25, -0.2) is 0 Å². The van der Waals surface area contributed by atoms with Gasteiger partial charge < -0.3 is 116 Å². The van der Waals surface area contributed by atoms with Crippen LogP contribution in [0.2, 0.25) is 74.0 Å². The van der Waals surface area contributed by atoms with Gasteiger partial charge in [-0.2, -0.15) is 0 Å². The van der Waals surface area contributed by atoms with Crippen molar-refractivity contribution in [2.75, 3.05) is 129 Å². The van der Waals surface area contributed by atoms with E-state index in [1.54, 1.807) is 28.4 Å². The van der Waals surface area contributed by atoms with Crippen LogP contribution in [0.3, 0.4) is 0 Å². The Morgan fingerprint density at radius 2 is 0.731 bits per heavy atom.